The lowest BCUT2D eigenvalue weighted by Crippen LogP contribution is -2.30. The highest BCUT2D eigenvalue weighted by Gasteiger charge is 2.47. The van der Waals surface area contributed by atoms with Gasteiger partial charge in [-0.1, -0.05) is 41.9 Å². The van der Waals surface area contributed by atoms with E-state index < -0.39 is 17.7 Å². The lowest BCUT2D eigenvalue weighted by Gasteiger charge is -2.26. The molecule has 1 atom stereocenters. The number of Topliss-reactive ketones (excluding diaryl/α,β-unsaturated/α-hetero) is 1. The van der Waals surface area contributed by atoms with Crippen LogP contribution in [0.2, 0.25) is 5.02 Å². The third-order valence-corrected chi connectivity index (χ3v) is 5.73. The monoisotopic (exact) mass is 449 g/mol. The van der Waals surface area contributed by atoms with Crippen LogP contribution in [0, 0.1) is 6.92 Å². The Morgan fingerprint density at radius 2 is 1.78 bits per heavy atom. The molecule has 0 bridgehead atoms. The van der Waals surface area contributed by atoms with E-state index in [0.29, 0.717) is 17.0 Å². The molecular weight excluding hydrogens is 430 g/mol. The SMILES string of the molecule is COc1ccc(/C(O)=C2/C(=O)C(=O)N(c3ccccc3C)C2c2cccc(O)c2)cc1Cl. The fourth-order valence-electron chi connectivity index (χ4n) is 3.89. The van der Waals surface area contributed by atoms with Crippen LogP contribution in [0.1, 0.15) is 22.7 Å². The molecule has 6 nitrogen and oxygen atoms in total. The third kappa shape index (κ3) is 3.59. The molecule has 32 heavy (non-hydrogen) atoms. The molecule has 0 saturated carbocycles. The molecule has 3 aromatic carbocycles. The summed E-state index contributed by atoms with van der Waals surface area (Å²) in [4.78, 5) is 27.7. The maximum atomic E-state index is 13.2. The molecule has 1 unspecified atom stereocenters. The second-order valence-electron chi connectivity index (χ2n) is 7.40. The first-order valence-corrected chi connectivity index (χ1v) is 10.2. The molecule has 1 amide bonds. The second-order valence-corrected chi connectivity index (χ2v) is 7.81. The number of aromatic hydroxyl groups is 1. The number of phenolic OH excluding ortho intramolecular Hbond substituents is 1. The normalized spacial score (nSPS) is 17.6. The van der Waals surface area contributed by atoms with Gasteiger partial charge in [0.2, 0.25) is 0 Å². The largest absolute Gasteiger partial charge is 0.508 e. The van der Waals surface area contributed by atoms with Gasteiger partial charge in [0.25, 0.3) is 11.7 Å². The number of carbonyl (C=O) groups excluding carboxylic acids is 2. The van der Waals surface area contributed by atoms with E-state index in [1.54, 1.807) is 36.4 Å². The molecule has 0 aromatic heterocycles. The number of aliphatic hydroxyl groups excluding tert-OH is 1. The molecule has 1 aliphatic heterocycles. The van der Waals surface area contributed by atoms with E-state index in [-0.39, 0.29) is 27.7 Å². The zero-order valence-electron chi connectivity index (χ0n) is 17.4. The Bertz CT molecular complexity index is 1270. The van der Waals surface area contributed by atoms with Crippen LogP contribution in [-0.2, 0) is 9.59 Å². The number of phenols is 1. The van der Waals surface area contributed by atoms with Crippen molar-refractivity contribution in [2.75, 3.05) is 12.0 Å². The van der Waals surface area contributed by atoms with Crippen LogP contribution in [0.4, 0.5) is 5.69 Å². The van der Waals surface area contributed by atoms with Gasteiger partial charge in [0.15, 0.2) is 0 Å². The molecule has 4 rings (SSSR count). The van der Waals surface area contributed by atoms with Crippen molar-refractivity contribution < 1.29 is 24.5 Å². The van der Waals surface area contributed by atoms with Crippen molar-refractivity contribution in [2.24, 2.45) is 0 Å². The van der Waals surface area contributed by atoms with E-state index in [1.807, 2.05) is 19.1 Å². The van der Waals surface area contributed by atoms with Gasteiger partial charge in [0.1, 0.15) is 17.3 Å². The number of ketones is 1. The Labute approximate surface area is 189 Å². The number of aryl methyl sites for hydroxylation is 1. The summed E-state index contributed by atoms with van der Waals surface area (Å²) in [6.45, 7) is 1.83. The van der Waals surface area contributed by atoms with E-state index in [2.05, 4.69) is 0 Å². The number of benzene rings is 3. The van der Waals surface area contributed by atoms with Crippen molar-refractivity contribution in [2.45, 2.75) is 13.0 Å². The second kappa shape index (κ2) is 8.40. The zero-order valence-corrected chi connectivity index (χ0v) is 18.1. The van der Waals surface area contributed by atoms with Crippen LogP contribution in [0.5, 0.6) is 11.5 Å². The third-order valence-electron chi connectivity index (χ3n) is 5.43. The fourth-order valence-corrected chi connectivity index (χ4v) is 4.15. The summed E-state index contributed by atoms with van der Waals surface area (Å²) >= 11 is 6.21. The number of anilines is 1. The highest BCUT2D eigenvalue weighted by atomic mass is 35.5. The van der Waals surface area contributed by atoms with E-state index in [0.717, 1.165) is 5.56 Å². The van der Waals surface area contributed by atoms with Crippen LogP contribution in [0.3, 0.4) is 0 Å². The molecule has 0 aliphatic carbocycles. The Hall–Kier alpha value is -3.77. The summed E-state index contributed by atoms with van der Waals surface area (Å²) in [5, 5.41) is 21.5. The van der Waals surface area contributed by atoms with Gasteiger partial charge in [-0.15, -0.1) is 0 Å². The molecule has 0 spiro atoms. The van der Waals surface area contributed by atoms with E-state index in [9.17, 15) is 19.8 Å². The molecule has 1 aliphatic rings. The first-order valence-electron chi connectivity index (χ1n) is 9.83. The molecule has 1 fully saturated rings. The quantitative estimate of drug-likeness (QED) is 0.333. The summed E-state index contributed by atoms with van der Waals surface area (Å²) in [7, 11) is 1.47. The van der Waals surface area contributed by atoms with E-state index in [4.69, 9.17) is 16.3 Å². The summed E-state index contributed by atoms with van der Waals surface area (Å²) in [6.07, 6.45) is 0. The van der Waals surface area contributed by atoms with Gasteiger partial charge in [-0.05, 0) is 54.4 Å². The Morgan fingerprint density at radius 1 is 1.03 bits per heavy atom. The van der Waals surface area contributed by atoms with Gasteiger partial charge in [0, 0.05) is 11.3 Å². The molecule has 0 radical (unpaired) electrons. The standard InChI is InChI=1S/C25H20ClNO5/c1-14-6-3-4-9-19(14)27-22(15-7-5-8-17(28)12-15)21(24(30)25(27)31)23(29)16-10-11-20(32-2)18(26)13-16/h3-13,22,28-29H,1-2H3/b23-21-. The van der Waals surface area contributed by atoms with Crippen LogP contribution < -0.4 is 9.64 Å². The average Bonchev–Trinajstić information content (AvgIpc) is 3.04. The van der Waals surface area contributed by atoms with Crippen molar-refractivity contribution in [1.82, 2.24) is 0 Å². The molecule has 2 N–H and O–H groups in total. The number of halogens is 1. The maximum Gasteiger partial charge on any atom is 0.300 e. The van der Waals surface area contributed by atoms with Crippen LogP contribution in [0.15, 0.2) is 72.3 Å². The van der Waals surface area contributed by atoms with Gasteiger partial charge >= 0.3 is 0 Å². The summed E-state index contributed by atoms with van der Waals surface area (Å²) < 4.78 is 5.15. The summed E-state index contributed by atoms with van der Waals surface area (Å²) in [5.74, 6) is -1.57. The predicted octanol–water partition coefficient (Wildman–Crippen LogP) is 4.99. The highest BCUT2D eigenvalue weighted by molar-refractivity contribution is 6.51. The number of para-hydroxylation sites is 1. The topological polar surface area (TPSA) is 87.1 Å². The zero-order chi connectivity index (χ0) is 23.0. The van der Waals surface area contributed by atoms with Crippen molar-refractivity contribution >= 4 is 34.7 Å². The molecule has 3 aromatic rings. The number of hydrogen-bond acceptors (Lipinski definition) is 5. The first kappa shape index (κ1) is 21.5. The first-order chi connectivity index (χ1) is 15.3. The summed E-state index contributed by atoms with van der Waals surface area (Å²) in [6, 6.07) is 17.1. The smallest absolute Gasteiger partial charge is 0.300 e. The number of hydrogen-bond donors (Lipinski definition) is 2. The molecular formula is C25H20ClNO5. The van der Waals surface area contributed by atoms with E-state index in [1.165, 1.54) is 30.2 Å². The Balaban J connectivity index is 1.97. The van der Waals surface area contributed by atoms with Crippen molar-refractivity contribution in [1.29, 1.82) is 0 Å². The number of amides is 1. The molecule has 162 valence electrons. The average molecular weight is 450 g/mol. The maximum absolute atomic E-state index is 13.2. The van der Waals surface area contributed by atoms with Gasteiger partial charge in [-0.3, -0.25) is 14.5 Å². The van der Waals surface area contributed by atoms with E-state index >= 15 is 0 Å². The summed E-state index contributed by atoms with van der Waals surface area (Å²) in [5.41, 5.74) is 1.98. The Kier molecular flexibility index (Phi) is 5.63. The van der Waals surface area contributed by atoms with Gasteiger partial charge in [-0.25, -0.2) is 0 Å². The van der Waals surface area contributed by atoms with Crippen LogP contribution in [0.25, 0.3) is 5.76 Å². The minimum Gasteiger partial charge on any atom is -0.508 e. The Morgan fingerprint density at radius 3 is 2.44 bits per heavy atom. The number of ether oxygens (including phenoxy) is 1. The lowest BCUT2D eigenvalue weighted by molar-refractivity contribution is -0.132. The minimum atomic E-state index is -0.941. The molecule has 1 heterocycles. The fraction of sp³-hybridized carbons (Fsp3) is 0.120. The van der Waals surface area contributed by atoms with Gasteiger partial charge in [0.05, 0.1) is 23.7 Å². The van der Waals surface area contributed by atoms with Crippen molar-refractivity contribution in [3.8, 4) is 11.5 Å². The molecule has 7 heteroatoms. The predicted molar refractivity (Wildman–Crippen MR) is 122 cm³/mol. The van der Waals surface area contributed by atoms with Crippen LogP contribution >= 0.6 is 11.6 Å². The number of nitrogens with zero attached hydrogens (tertiary/aromatic N) is 1. The van der Waals surface area contributed by atoms with Crippen molar-refractivity contribution in [3.05, 3.63) is 94.0 Å². The highest BCUT2D eigenvalue weighted by Crippen LogP contribution is 2.44. The number of aliphatic hydroxyl groups is 1. The van der Waals surface area contributed by atoms with Gasteiger partial charge in [-0.2, -0.15) is 0 Å². The van der Waals surface area contributed by atoms with Gasteiger partial charge < -0.3 is 14.9 Å². The molecule has 1 saturated heterocycles. The van der Waals surface area contributed by atoms with Crippen LogP contribution in [-0.4, -0.2) is 29.0 Å². The minimum absolute atomic E-state index is 0.0228. The number of rotatable bonds is 4. The van der Waals surface area contributed by atoms with Crippen molar-refractivity contribution in [3.63, 3.8) is 0 Å². The number of carbonyl (C=O) groups is 2. The number of methoxy groups -OCH3 is 1. The lowest BCUT2D eigenvalue weighted by atomic mass is 9.94.